The van der Waals surface area contributed by atoms with Gasteiger partial charge in [0.25, 0.3) is 0 Å². The van der Waals surface area contributed by atoms with Gasteiger partial charge in [0.15, 0.2) is 0 Å². The second-order valence-electron chi connectivity index (χ2n) is 6.18. The summed E-state index contributed by atoms with van der Waals surface area (Å²) in [6.07, 6.45) is -2.13. The number of hydrogen-bond donors (Lipinski definition) is 1. The maximum absolute atomic E-state index is 13.7. The summed E-state index contributed by atoms with van der Waals surface area (Å²) in [6, 6.07) is 3.33. The lowest BCUT2D eigenvalue weighted by Gasteiger charge is -2.24. The van der Waals surface area contributed by atoms with Gasteiger partial charge in [0.2, 0.25) is 0 Å². The summed E-state index contributed by atoms with van der Waals surface area (Å²) >= 11 is 0. The third-order valence-corrected chi connectivity index (χ3v) is 4.47. The molecule has 0 amide bonds. The first-order chi connectivity index (χ1) is 9.71. The number of halogens is 4. The highest BCUT2D eigenvalue weighted by Crippen LogP contribution is 2.42. The summed E-state index contributed by atoms with van der Waals surface area (Å²) < 4.78 is 51.4. The van der Waals surface area contributed by atoms with Gasteiger partial charge >= 0.3 is 6.18 Å². The lowest BCUT2D eigenvalue weighted by Crippen LogP contribution is -2.33. The number of aliphatic hydroxyl groups is 1. The molecule has 2 nitrogen and oxygen atoms in total. The molecule has 1 saturated carbocycles. The molecule has 0 radical (unpaired) electrons. The van der Waals surface area contributed by atoms with E-state index >= 15 is 0 Å². The van der Waals surface area contributed by atoms with Crippen LogP contribution in [0.15, 0.2) is 18.2 Å². The molecule has 2 aliphatic rings. The molecule has 21 heavy (non-hydrogen) atoms. The maximum atomic E-state index is 13.7. The Kier molecular flexibility index (Phi) is 3.29. The monoisotopic (exact) mass is 303 g/mol. The summed E-state index contributed by atoms with van der Waals surface area (Å²) in [4.78, 5) is 2.16. The molecule has 1 aliphatic heterocycles. The van der Waals surface area contributed by atoms with Crippen LogP contribution in [0.25, 0.3) is 0 Å². The van der Waals surface area contributed by atoms with Crippen molar-refractivity contribution < 1.29 is 22.7 Å². The van der Waals surface area contributed by atoms with Gasteiger partial charge in [0.1, 0.15) is 11.4 Å². The van der Waals surface area contributed by atoms with Crippen molar-refractivity contribution in [2.75, 3.05) is 6.54 Å². The van der Waals surface area contributed by atoms with Crippen LogP contribution in [0.4, 0.5) is 17.6 Å². The summed E-state index contributed by atoms with van der Waals surface area (Å²) in [5.41, 5.74) is -2.34. The molecule has 6 heteroatoms. The Morgan fingerprint density at radius 2 is 1.95 bits per heavy atom. The average molecular weight is 303 g/mol. The van der Waals surface area contributed by atoms with E-state index in [1.165, 1.54) is 6.07 Å². The Balaban J connectivity index is 1.88. The Hall–Kier alpha value is -1.14. The normalized spacial score (nSPS) is 30.9. The zero-order valence-corrected chi connectivity index (χ0v) is 11.6. The topological polar surface area (TPSA) is 23.5 Å². The Bertz CT molecular complexity index is 555. The average Bonchev–Trinajstić information content (AvgIpc) is 3.14. The van der Waals surface area contributed by atoms with Crippen molar-refractivity contribution in [1.82, 2.24) is 4.90 Å². The number of hydrogen-bond acceptors (Lipinski definition) is 2. The number of alkyl halides is 3. The second kappa shape index (κ2) is 4.68. The van der Waals surface area contributed by atoms with E-state index in [9.17, 15) is 22.7 Å². The molecule has 116 valence electrons. The minimum absolute atomic E-state index is 0.146. The summed E-state index contributed by atoms with van der Waals surface area (Å²) in [6.45, 7) is 2.33. The molecule has 2 unspecified atom stereocenters. The summed E-state index contributed by atoms with van der Waals surface area (Å²) in [7, 11) is 0. The molecule has 0 spiro atoms. The molecule has 1 aromatic carbocycles. The molecular weight excluding hydrogens is 286 g/mol. The van der Waals surface area contributed by atoms with Gasteiger partial charge in [-0.1, -0.05) is 6.07 Å². The van der Waals surface area contributed by atoms with E-state index in [2.05, 4.69) is 4.90 Å². The fourth-order valence-corrected chi connectivity index (χ4v) is 3.27. The van der Waals surface area contributed by atoms with E-state index in [0.29, 0.717) is 25.1 Å². The number of rotatable bonds is 2. The largest absolute Gasteiger partial charge is 0.419 e. The van der Waals surface area contributed by atoms with Gasteiger partial charge in [-0.25, -0.2) is 4.39 Å². The number of benzene rings is 1. The molecule has 1 saturated heterocycles. The van der Waals surface area contributed by atoms with Crippen LogP contribution < -0.4 is 0 Å². The smallest absolute Gasteiger partial charge is 0.384 e. The maximum Gasteiger partial charge on any atom is 0.419 e. The molecule has 1 aliphatic carbocycles. The van der Waals surface area contributed by atoms with E-state index in [1.54, 1.807) is 0 Å². The van der Waals surface area contributed by atoms with Crippen molar-refractivity contribution in [3.05, 3.63) is 35.1 Å². The predicted molar refractivity (Wildman–Crippen MR) is 69.1 cm³/mol. The Labute approximate surface area is 120 Å². The third-order valence-electron chi connectivity index (χ3n) is 4.47. The zero-order valence-electron chi connectivity index (χ0n) is 11.6. The molecule has 1 aromatic rings. The van der Waals surface area contributed by atoms with Gasteiger partial charge in [-0.3, -0.25) is 4.90 Å². The van der Waals surface area contributed by atoms with Gasteiger partial charge in [0.05, 0.1) is 5.56 Å². The molecule has 0 aromatic heterocycles. The first-order valence-electron chi connectivity index (χ1n) is 7.06. The van der Waals surface area contributed by atoms with Crippen LogP contribution >= 0.6 is 0 Å². The third kappa shape index (κ3) is 2.66. The number of β-amino-alcohol motifs (C(OH)–C–C–N with tert-alkyl or cyclic N) is 1. The van der Waals surface area contributed by atoms with Crippen LogP contribution in [0.2, 0.25) is 0 Å². The lowest BCUT2D eigenvalue weighted by atomic mass is 9.90. The SMILES string of the molecule is CC1CC(O)(c2ccc(C(F)(F)F)c(F)c2)CN1C1CC1. The quantitative estimate of drug-likeness (QED) is 0.848. The molecule has 2 fully saturated rings. The number of nitrogens with zero attached hydrogens (tertiary/aromatic N) is 1. The highest BCUT2D eigenvalue weighted by molar-refractivity contribution is 5.32. The lowest BCUT2D eigenvalue weighted by molar-refractivity contribution is -0.140. The van der Waals surface area contributed by atoms with Gasteiger partial charge in [-0.15, -0.1) is 0 Å². The Morgan fingerprint density at radius 3 is 2.48 bits per heavy atom. The van der Waals surface area contributed by atoms with Crippen LogP contribution in [0.1, 0.15) is 37.3 Å². The van der Waals surface area contributed by atoms with E-state index < -0.39 is 23.2 Å². The predicted octanol–water partition coefficient (Wildman–Crippen LogP) is 3.29. The van der Waals surface area contributed by atoms with E-state index in [-0.39, 0.29) is 11.6 Å². The highest BCUT2D eigenvalue weighted by atomic mass is 19.4. The van der Waals surface area contributed by atoms with E-state index in [1.807, 2.05) is 6.92 Å². The fourth-order valence-electron chi connectivity index (χ4n) is 3.27. The van der Waals surface area contributed by atoms with Gasteiger partial charge in [-0.2, -0.15) is 13.2 Å². The zero-order chi connectivity index (χ0) is 15.4. The van der Waals surface area contributed by atoms with Crippen LogP contribution in [0.3, 0.4) is 0 Å². The van der Waals surface area contributed by atoms with Crippen LogP contribution in [0, 0.1) is 5.82 Å². The van der Waals surface area contributed by atoms with Gasteiger partial charge in [0, 0.05) is 18.6 Å². The molecule has 3 rings (SSSR count). The van der Waals surface area contributed by atoms with Crippen LogP contribution in [-0.2, 0) is 11.8 Å². The van der Waals surface area contributed by atoms with Crippen molar-refractivity contribution in [3.8, 4) is 0 Å². The first kappa shape index (κ1) is 14.8. The number of likely N-dealkylation sites (tertiary alicyclic amines) is 1. The van der Waals surface area contributed by atoms with Gasteiger partial charge < -0.3 is 5.11 Å². The van der Waals surface area contributed by atoms with E-state index in [4.69, 9.17) is 0 Å². The van der Waals surface area contributed by atoms with Crippen molar-refractivity contribution in [1.29, 1.82) is 0 Å². The summed E-state index contributed by atoms with van der Waals surface area (Å²) in [5.74, 6) is -1.33. The minimum atomic E-state index is -4.71. The van der Waals surface area contributed by atoms with E-state index in [0.717, 1.165) is 18.9 Å². The van der Waals surface area contributed by atoms with Crippen LogP contribution in [0.5, 0.6) is 0 Å². The van der Waals surface area contributed by atoms with Crippen molar-refractivity contribution in [2.24, 2.45) is 0 Å². The van der Waals surface area contributed by atoms with Gasteiger partial charge in [-0.05, 0) is 43.9 Å². The highest BCUT2D eigenvalue weighted by Gasteiger charge is 2.47. The molecular formula is C15H17F4NO. The van der Waals surface area contributed by atoms with Crippen molar-refractivity contribution >= 4 is 0 Å². The molecule has 1 N–H and O–H groups in total. The van der Waals surface area contributed by atoms with Crippen LogP contribution in [-0.4, -0.2) is 28.6 Å². The molecule has 1 heterocycles. The molecule has 2 atom stereocenters. The first-order valence-corrected chi connectivity index (χ1v) is 7.06. The second-order valence-corrected chi connectivity index (χ2v) is 6.18. The summed E-state index contributed by atoms with van der Waals surface area (Å²) in [5, 5.41) is 10.7. The Morgan fingerprint density at radius 1 is 1.29 bits per heavy atom. The fraction of sp³-hybridized carbons (Fsp3) is 0.600. The standard InChI is InChI=1S/C15H17F4NO/c1-9-7-14(21,8-20(9)11-3-4-11)10-2-5-12(13(16)6-10)15(17,18)19/h2,5-6,9,11,21H,3-4,7-8H2,1H3. The van der Waals surface area contributed by atoms with Crippen molar-refractivity contribution in [2.45, 2.75) is 50.0 Å². The minimum Gasteiger partial charge on any atom is -0.384 e. The van der Waals surface area contributed by atoms with Crippen molar-refractivity contribution in [3.63, 3.8) is 0 Å². The molecule has 0 bridgehead atoms.